The number of aliphatic hydroxyl groups is 1. The molecule has 3 N–H and O–H groups in total. The van der Waals surface area contributed by atoms with E-state index in [0.717, 1.165) is 18.4 Å². The Bertz CT molecular complexity index is 573. The van der Waals surface area contributed by atoms with Crippen LogP contribution in [0.5, 0.6) is 11.5 Å². The summed E-state index contributed by atoms with van der Waals surface area (Å²) in [5, 5.41) is 22.7. The molecule has 6 nitrogen and oxygen atoms in total. The molecule has 122 valence electrons. The molecule has 2 rings (SSSR count). The number of ether oxygens (including phenoxy) is 2. The first-order chi connectivity index (χ1) is 10.1. The second-order valence-corrected chi connectivity index (χ2v) is 6.72. The molecule has 0 aliphatic heterocycles. The zero-order valence-electron chi connectivity index (χ0n) is 13.4. The monoisotopic (exact) mass is 309 g/mol. The van der Waals surface area contributed by atoms with Crippen molar-refractivity contribution in [2.24, 2.45) is 0 Å². The van der Waals surface area contributed by atoms with Gasteiger partial charge in [-0.25, -0.2) is 4.79 Å². The fraction of sp³-hybridized carbons (Fsp3) is 0.562. The van der Waals surface area contributed by atoms with Crippen molar-refractivity contribution in [3.05, 3.63) is 17.7 Å². The second-order valence-electron chi connectivity index (χ2n) is 6.72. The number of nitrogens with one attached hydrogen (secondary N) is 1. The Hall–Kier alpha value is -1.95. The second kappa shape index (κ2) is 5.68. The van der Waals surface area contributed by atoms with Gasteiger partial charge in [0.25, 0.3) is 0 Å². The van der Waals surface area contributed by atoms with Crippen LogP contribution in [0.15, 0.2) is 12.1 Å². The van der Waals surface area contributed by atoms with E-state index in [1.165, 1.54) is 7.11 Å². The molecule has 0 saturated heterocycles. The largest absolute Gasteiger partial charge is 0.503 e. The van der Waals surface area contributed by atoms with Crippen LogP contribution in [0, 0.1) is 0 Å². The Morgan fingerprint density at radius 3 is 2.50 bits per heavy atom. The molecule has 0 bridgehead atoms. The summed E-state index contributed by atoms with van der Waals surface area (Å²) in [6.45, 7) is 5.27. The van der Waals surface area contributed by atoms with Crippen LogP contribution in [-0.4, -0.2) is 34.6 Å². The topological polar surface area (TPSA) is 88.0 Å². The van der Waals surface area contributed by atoms with Crippen molar-refractivity contribution in [2.75, 3.05) is 12.4 Å². The highest BCUT2D eigenvalue weighted by molar-refractivity contribution is 5.88. The number of benzene rings is 1. The van der Waals surface area contributed by atoms with E-state index < -0.39 is 17.3 Å². The van der Waals surface area contributed by atoms with Crippen molar-refractivity contribution < 1.29 is 24.5 Å². The predicted molar refractivity (Wildman–Crippen MR) is 82.4 cm³/mol. The van der Waals surface area contributed by atoms with Gasteiger partial charge in [-0.3, -0.25) is 5.32 Å². The zero-order valence-corrected chi connectivity index (χ0v) is 13.4. The molecule has 6 heteroatoms. The molecule has 0 radical (unpaired) electrons. The van der Waals surface area contributed by atoms with Crippen LogP contribution in [0.25, 0.3) is 0 Å². The number of methoxy groups -OCH3 is 1. The Morgan fingerprint density at radius 1 is 1.36 bits per heavy atom. The van der Waals surface area contributed by atoms with Crippen LogP contribution in [0.4, 0.5) is 10.5 Å². The van der Waals surface area contributed by atoms with Gasteiger partial charge in [0, 0.05) is 6.42 Å². The Kier molecular flexibility index (Phi) is 4.24. The Labute approximate surface area is 130 Å². The summed E-state index contributed by atoms with van der Waals surface area (Å²) in [6.07, 6.45) is 1.30. The number of phenolic OH excluding ortho intramolecular Hbond substituents is 1. The van der Waals surface area contributed by atoms with Crippen molar-refractivity contribution >= 4 is 11.8 Å². The highest BCUT2D eigenvalue weighted by Gasteiger charge is 2.40. The van der Waals surface area contributed by atoms with Gasteiger partial charge in [0.2, 0.25) is 0 Å². The lowest BCUT2D eigenvalue weighted by atomic mass is 10.0. The van der Waals surface area contributed by atoms with Crippen molar-refractivity contribution in [3.8, 4) is 11.5 Å². The summed E-state index contributed by atoms with van der Waals surface area (Å²) in [5.41, 5.74) is -0.330. The van der Waals surface area contributed by atoms with Crippen LogP contribution in [0.1, 0.15) is 39.2 Å². The maximum Gasteiger partial charge on any atom is 0.412 e. The molecule has 0 spiro atoms. The number of carbonyl (C=O) groups is 1. The molecule has 1 aliphatic carbocycles. The molecule has 1 aromatic carbocycles. The van der Waals surface area contributed by atoms with E-state index in [-0.39, 0.29) is 17.2 Å². The zero-order chi connectivity index (χ0) is 16.5. The summed E-state index contributed by atoms with van der Waals surface area (Å²) in [7, 11) is 1.43. The van der Waals surface area contributed by atoms with Crippen LogP contribution >= 0.6 is 0 Å². The van der Waals surface area contributed by atoms with Gasteiger partial charge in [-0.15, -0.1) is 0 Å². The number of carbonyl (C=O) groups excluding carboxylic acids is 1. The van der Waals surface area contributed by atoms with Gasteiger partial charge in [0.05, 0.1) is 18.4 Å². The Balaban J connectivity index is 2.21. The molecule has 0 unspecified atom stereocenters. The number of anilines is 1. The standard InChI is InChI=1S/C16H23NO5/c1-15(2,3)22-14(19)17-11-7-10(9-16(20)5-6-16)8-12(21-4)13(11)18/h7-8,18,20H,5-6,9H2,1-4H3,(H,17,19). The molecule has 1 fully saturated rings. The Morgan fingerprint density at radius 2 is 2.00 bits per heavy atom. The van der Waals surface area contributed by atoms with Crippen molar-refractivity contribution in [3.63, 3.8) is 0 Å². The molecule has 0 heterocycles. The maximum atomic E-state index is 11.9. The van der Waals surface area contributed by atoms with Crippen molar-refractivity contribution in [2.45, 2.75) is 51.2 Å². The molecular weight excluding hydrogens is 286 g/mol. The third-order valence-corrected chi connectivity index (χ3v) is 3.35. The quantitative estimate of drug-likeness (QED) is 0.744. The van der Waals surface area contributed by atoms with Crippen molar-refractivity contribution in [1.29, 1.82) is 0 Å². The van der Waals surface area contributed by atoms with E-state index in [2.05, 4.69) is 5.32 Å². The van der Waals surface area contributed by atoms with E-state index in [0.29, 0.717) is 6.42 Å². The third kappa shape index (κ3) is 4.27. The lowest BCUT2D eigenvalue weighted by Crippen LogP contribution is -2.27. The minimum Gasteiger partial charge on any atom is -0.503 e. The van der Waals surface area contributed by atoms with E-state index in [1.54, 1.807) is 32.9 Å². The van der Waals surface area contributed by atoms with Gasteiger partial charge in [0.15, 0.2) is 11.5 Å². The lowest BCUT2D eigenvalue weighted by Gasteiger charge is -2.20. The average molecular weight is 309 g/mol. The summed E-state index contributed by atoms with van der Waals surface area (Å²) < 4.78 is 10.3. The van der Waals surface area contributed by atoms with Gasteiger partial charge >= 0.3 is 6.09 Å². The molecule has 22 heavy (non-hydrogen) atoms. The van der Waals surface area contributed by atoms with Gasteiger partial charge in [0.1, 0.15) is 5.60 Å². The van der Waals surface area contributed by atoms with Crippen LogP contribution in [0.3, 0.4) is 0 Å². The third-order valence-electron chi connectivity index (χ3n) is 3.35. The van der Waals surface area contributed by atoms with Crippen LogP contribution in [-0.2, 0) is 11.2 Å². The van der Waals surface area contributed by atoms with E-state index in [4.69, 9.17) is 9.47 Å². The molecule has 1 amide bonds. The molecular formula is C16H23NO5. The van der Waals surface area contributed by atoms with E-state index >= 15 is 0 Å². The normalized spacial score (nSPS) is 16.0. The van der Waals surface area contributed by atoms with Gasteiger partial charge in [-0.1, -0.05) is 0 Å². The number of hydrogen-bond acceptors (Lipinski definition) is 5. The number of hydrogen-bond donors (Lipinski definition) is 3. The number of amides is 1. The highest BCUT2D eigenvalue weighted by atomic mass is 16.6. The average Bonchev–Trinajstić information content (AvgIpc) is 3.08. The predicted octanol–water partition coefficient (Wildman–Crippen LogP) is 2.82. The van der Waals surface area contributed by atoms with E-state index in [9.17, 15) is 15.0 Å². The summed E-state index contributed by atoms with van der Waals surface area (Å²) in [5.74, 6) is 0.0766. The lowest BCUT2D eigenvalue weighted by molar-refractivity contribution is 0.0635. The molecule has 1 saturated carbocycles. The molecule has 0 atom stereocenters. The van der Waals surface area contributed by atoms with E-state index in [1.807, 2.05) is 0 Å². The maximum absolute atomic E-state index is 11.9. The molecule has 0 aromatic heterocycles. The minimum absolute atomic E-state index is 0.167. The number of rotatable bonds is 4. The van der Waals surface area contributed by atoms with Gasteiger partial charge in [-0.2, -0.15) is 0 Å². The fourth-order valence-corrected chi connectivity index (χ4v) is 2.13. The first kappa shape index (κ1) is 16.4. The first-order valence-corrected chi connectivity index (χ1v) is 7.24. The number of aromatic hydroxyl groups is 1. The smallest absolute Gasteiger partial charge is 0.412 e. The highest BCUT2D eigenvalue weighted by Crippen LogP contribution is 2.42. The minimum atomic E-state index is -0.675. The van der Waals surface area contributed by atoms with Gasteiger partial charge in [-0.05, 0) is 51.3 Å². The van der Waals surface area contributed by atoms with Crippen molar-refractivity contribution in [1.82, 2.24) is 0 Å². The summed E-state index contributed by atoms with van der Waals surface area (Å²) in [6, 6.07) is 3.28. The summed E-state index contributed by atoms with van der Waals surface area (Å²) in [4.78, 5) is 11.9. The van der Waals surface area contributed by atoms with Crippen LogP contribution < -0.4 is 10.1 Å². The first-order valence-electron chi connectivity index (χ1n) is 7.24. The molecule has 1 aliphatic rings. The summed E-state index contributed by atoms with van der Waals surface area (Å²) >= 11 is 0. The SMILES string of the molecule is COc1cc(CC2(O)CC2)cc(NC(=O)OC(C)(C)C)c1O. The fourth-order valence-electron chi connectivity index (χ4n) is 2.13. The van der Waals surface area contributed by atoms with Crippen LogP contribution in [0.2, 0.25) is 0 Å². The van der Waals surface area contributed by atoms with Gasteiger partial charge < -0.3 is 19.7 Å². The number of phenols is 1. The molecule has 1 aromatic rings.